The van der Waals surface area contributed by atoms with E-state index in [9.17, 15) is 10.1 Å². The predicted octanol–water partition coefficient (Wildman–Crippen LogP) is 2.03. The van der Waals surface area contributed by atoms with E-state index in [1.165, 1.54) is 13.2 Å². The summed E-state index contributed by atoms with van der Waals surface area (Å²) >= 11 is 0. The SMILES string of the molecule is COc1cc(CCC2(N)CC2)ccc1[N+](=O)[O-]. The standard InChI is InChI=1S/C12H16N2O3/c1-17-11-8-9(2-3-10(11)14(15)16)4-5-12(13)6-7-12/h2-3,8H,4-7,13H2,1H3. The molecule has 2 rings (SSSR count). The van der Waals surface area contributed by atoms with Crippen molar-refractivity contribution in [3.63, 3.8) is 0 Å². The molecule has 1 aromatic rings. The molecule has 0 saturated heterocycles. The summed E-state index contributed by atoms with van der Waals surface area (Å²) in [6.45, 7) is 0. The largest absolute Gasteiger partial charge is 0.490 e. The van der Waals surface area contributed by atoms with Crippen molar-refractivity contribution in [3.05, 3.63) is 33.9 Å². The lowest BCUT2D eigenvalue weighted by Gasteiger charge is -2.09. The third-order valence-electron chi connectivity index (χ3n) is 3.24. The number of aryl methyl sites for hydroxylation is 1. The molecule has 5 heteroatoms. The summed E-state index contributed by atoms with van der Waals surface area (Å²) < 4.78 is 5.02. The molecule has 1 aliphatic rings. The normalized spacial score (nSPS) is 16.6. The maximum Gasteiger partial charge on any atom is 0.310 e. The minimum Gasteiger partial charge on any atom is -0.490 e. The molecule has 0 amide bonds. The second-order valence-corrected chi connectivity index (χ2v) is 4.63. The number of ether oxygens (including phenoxy) is 1. The van der Waals surface area contributed by atoms with Gasteiger partial charge >= 0.3 is 5.69 Å². The van der Waals surface area contributed by atoms with E-state index in [0.29, 0.717) is 5.75 Å². The zero-order chi connectivity index (χ0) is 12.5. The fraction of sp³-hybridized carbons (Fsp3) is 0.500. The molecule has 0 aliphatic heterocycles. The van der Waals surface area contributed by atoms with Crippen molar-refractivity contribution in [2.45, 2.75) is 31.2 Å². The second kappa shape index (κ2) is 4.33. The van der Waals surface area contributed by atoms with Crippen LogP contribution in [0.2, 0.25) is 0 Å². The number of nitro benzene ring substituents is 1. The van der Waals surface area contributed by atoms with Gasteiger partial charge in [-0.2, -0.15) is 0 Å². The highest BCUT2D eigenvalue weighted by atomic mass is 16.6. The van der Waals surface area contributed by atoms with Crippen LogP contribution in [0.15, 0.2) is 18.2 Å². The maximum atomic E-state index is 10.7. The summed E-state index contributed by atoms with van der Waals surface area (Å²) in [5.74, 6) is 0.314. The Bertz CT molecular complexity index is 441. The summed E-state index contributed by atoms with van der Waals surface area (Å²) in [5, 5.41) is 10.7. The van der Waals surface area contributed by atoms with E-state index in [2.05, 4.69) is 0 Å². The molecule has 17 heavy (non-hydrogen) atoms. The molecule has 0 bridgehead atoms. The number of hydrogen-bond acceptors (Lipinski definition) is 4. The van der Waals surface area contributed by atoms with Gasteiger partial charge in [-0.3, -0.25) is 10.1 Å². The van der Waals surface area contributed by atoms with Gasteiger partial charge in [-0.15, -0.1) is 0 Å². The van der Waals surface area contributed by atoms with Crippen molar-refractivity contribution in [2.75, 3.05) is 7.11 Å². The van der Waals surface area contributed by atoms with Crippen molar-refractivity contribution < 1.29 is 9.66 Å². The highest BCUT2D eigenvalue weighted by molar-refractivity contribution is 5.48. The Labute approximate surface area is 99.7 Å². The summed E-state index contributed by atoms with van der Waals surface area (Å²) in [6.07, 6.45) is 3.92. The average molecular weight is 236 g/mol. The van der Waals surface area contributed by atoms with Crippen LogP contribution in [0, 0.1) is 10.1 Å². The van der Waals surface area contributed by atoms with Crippen LogP contribution < -0.4 is 10.5 Å². The predicted molar refractivity (Wildman–Crippen MR) is 64.1 cm³/mol. The van der Waals surface area contributed by atoms with Crippen molar-refractivity contribution in [1.29, 1.82) is 0 Å². The Hall–Kier alpha value is -1.62. The summed E-state index contributed by atoms with van der Waals surface area (Å²) in [7, 11) is 1.44. The van der Waals surface area contributed by atoms with Gasteiger partial charge in [-0.1, -0.05) is 6.07 Å². The number of rotatable bonds is 5. The number of benzene rings is 1. The Morgan fingerprint density at radius 1 is 1.53 bits per heavy atom. The lowest BCUT2D eigenvalue weighted by Crippen LogP contribution is -2.22. The fourth-order valence-corrected chi connectivity index (χ4v) is 1.83. The van der Waals surface area contributed by atoms with Crippen LogP contribution in [-0.4, -0.2) is 17.6 Å². The fourth-order valence-electron chi connectivity index (χ4n) is 1.83. The van der Waals surface area contributed by atoms with E-state index in [4.69, 9.17) is 10.5 Å². The third-order valence-corrected chi connectivity index (χ3v) is 3.24. The molecule has 0 atom stereocenters. The molecule has 1 aliphatic carbocycles. The monoisotopic (exact) mass is 236 g/mol. The molecule has 1 saturated carbocycles. The number of hydrogen-bond donors (Lipinski definition) is 1. The highest BCUT2D eigenvalue weighted by Gasteiger charge is 2.37. The first kappa shape index (κ1) is 11.9. The zero-order valence-electron chi connectivity index (χ0n) is 9.81. The van der Waals surface area contributed by atoms with Crippen molar-refractivity contribution in [2.24, 2.45) is 5.73 Å². The van der Waals surface area contributed by atoms with E-state index >= 15 is 0 Å². The van der Waals surface area contributed by atoms with Crippen LogP contribution in [0.4, 0.5) is 5.69 Å². The molecule has 0 unspecified atom stereocenters. The summed E-state index contributed by atoms with van der Waals surface area (Å²) in [5.41, 5.74) is 7.05. The van der Waals surface area contributed by atoms with E-state index in [1.807, 2.05) is 0 Å². The first-order valence-corrected chi connectivity index (χ1v) is 5.64. The molecule has 0 aromatic heterocycles. The average Bonchev–Trinajstić information content (AvgIpc) is 3.04. The number of nitrogens with zero attached hydrogens (tertiary/aromatic N) is 1. The van der Waals surface area contributed by atoms with Crippen LogP contribution >= 0.6 is 0 Å². The van der Waals surface area contributed by atoms with Gasteiger partial charge in [0.05, 0.1) is 12.0 Å². The molecule has 1 aromatic carbocycles. The van der Waals surface area contributed by atoms with E-state index in [1.54, 1.807) is 12.1 Å². The number of nitro groups is 1. The van der Waals surface area contributed by atoms with Gasteiger partial charge < -0.3 is 10.5 Å². The van der Waals surface area contributed by atoms with Crippen LogP contribution in [0.1, 0.15) is 24.8 Å². The smallest absolute Gasteiger partial charge is 0.310 e. The lowest BCUT2D eigenvalue weighted by molar-refractivity contribution is -0.385. The molecular formula is C12H16N2O3. The molecule has 0 heterocycles. The van der Waals surface area contributed by atoms with Gasteiger partial charge in [0.1, 0.15) is 0 Å². The van der Waals surface area contributed by atoms with Gasteiger partial charge in [0.2, 0.25) is 0 Å². The van der Waals surface area contributed by atoms with Gasteiger partial charge in [-0.25, -0.2) is 0 Å². The minimum atomic E-state index is -0.437. The van der Waals surface area contributed by atoms with Crippen LogP contribution in [0.25, 0.3) is 0 Å². The first-order chi connectivity index (χ1) is 8.04. The van der Waals surface area contributed by atoms with E-state index in [-0.39, 0.29) is 11.2 Å². The molecule has 0 radical (unpaired) electrons. The van der Waals surface area contributed by atoms with Gasteiger partial charge in [-0.05, 0) is 37.3 Å². The molecule has 5 nitrogen and oxygen atoms in total. The molecule has 92 valence electrons. The van der Waals surface area contributed by atoms with Crippen LogP contribution in [0.5, 0.6) is 5.75 Å². The third kappa shape index (κ3) is 2.74. The number of methoxy groups -OCH3 is 1. The Morgan fingerprint density at radius 3 is 2.76 bits per heavy atom. The Kier molecular flexibility index (Phi) is 3.02. The lowest BCUT2D eigenvalue weighted by atomic mass is 10.0. The topological polar surface area (TPSA) is 78.4 Å². The number of nitrogens with two attached hydrogens (primary N) is 1. The quantitative estimate of drug-likeness (QED) is 0.626. The molecule has 1 fully saturated rings. The van der Waals surface area contributed by atoms with E-state index < -0.39 is 4.92 Å². The van der Waals surface area contributed by atoms with Gasteiger partial charge in [0.15, 0.2) is 5.75 Å². The zero-order valence-corrected chi connectivity index (χ0v) is 9.81. The minimum absolute atomic E-state index is 0.00475. The maximum absolute atomic E-state index is 10.7. The van der Waals surface area contributed by atoms with Crippen LogP contribution in [-0.2, 0) is 6.42 Å². The van der Waals surface area contributed by atoms with Crippen molar-refractivity contribution in [3.8, 4) is 5.75 Å². The van der Waals surface area contributed by atoms with Crippen molar-refractivity contribution in [1.82, 2.24) is 0 Å². The second-order valence-electron chi connectivity index (χ2n) is 4.63. The summed E-state index contributed by atoms with van der Waals surface area (Å²) in [6, 6.07) is 4.99. The highest BCUT2D eigenvalue weighted by Crippen LogP contribution is 2.37. The first-order valence-electron chi connectivity index (χ1n) is 5.64. The summed E-state index contributed by atoms with van der Waals surface area (Å²) in [4.78, 5) is 10.3. The molecule has 2 N–H and O–H groups in total. The van der Waals surface area contributed by atoms with Gasteiger partial charge in [0.25, 0.3) is 0 Å². The molecule has 0 spiro atoms. The van der Waals surface area contributed by atoms with Crippen LogP contribution in [0.3, 0.4) is 0 Å². The van der Waals surface area contributed by atoms with E-state index in [0.717, 1.165) is 31.2 Å². The molecular weight excluding hydrogens is 220 g/mol. The van der Waals surface area contributed by atoms with Crippen molar-refractivity contribution >= 4 is 5.69 Å². The Balaban J connectivity index is 2.10. The Morgan fingerprint density at radius 2 is 2.24 bits per heavy atom. The van der Waals surface area contributed by atoms with Gasteiger partial charge in [0, 0.05) is 11.6 Å².